The zero-order valence-electron chi connectivity index (χ0n) is 11.0. The van der Waals surface area contributed by atoms with Crippen molar-refractivity contribution in [2.24, 2.45) is 0 Å². The van der Waals surface area contributed by atoms with Crippen LogP contribution in [0.1, 0.15) is 12.5 Å². The van der Waals surface area contributed by atoms with E-state index in [-0.39, 0.29) is 13.2 Å². The first-order valence-electron chi connectivity index (χ1n) is 5.76. The molecule has 1 unspecified atom stereocenters. The molecule has 6 heteroatoms. The lowest BCUT2D eigenvalue weighted by molar-refractivity contribution is -0.0735. The fraction of sp³-hybridized carbons (Fsp3) is 0.385. The summed E-state index contributed by atoms with van der Waals surface area (Å²) in [6.07, 6.45) is 2.25. The summed E-state index contributed by atoms with van der Waals surface area (Å²) in [7, 11) is -3.42. The number of benzene rings is 1. The molecule has 19 heavy (non-hydrogen) atoms. The van der Waals surface area contributed by atoms with Gasteiger partial charge in [-0.1, -0.05) is 24.8 Å². The largest absolute Gasteiger partial charge is 0.465 e. The van der Waals surface area contributed by atoms with Crippen molar-refractivity contribution in [3.63, 3.8) is 0 Å². The van der Waals surface area contributed by atoms with Crippen LogP contribution < -0.4 is 4.74 Å². The molecule has 1 atom stereocenters. The highest BCUT2D eigenvalue weighted by Gasteiger charge is 2.06. The molecule has 1 aromatic carbocycles. The van der Waals surface area contributed by atoms with E-state index in [1.807, 2.05) is 24.3 Å². The molecule has 0 amide bonds. The Morgan fingerprint density at radius 3 is 2.42 bits per heavy atom. The highest BCUT2D eigenvalue weighted by molar-refractivity contribution is 7.85. The van der Waals surface area contributed by atoms with Gasteiger partial charge in [0.2, 0.25) is 0 Å². The quantitative estimate of drug-likeness (QED) is 0.416. The third kappa shape index (κ3) is 6.95. The highest BCUT2D eigenvalue weighted by atomic mass is 32.2. The molecule has 0 radical (unpaired) electrons. The number of hydrogen-bond acceptors (Lipinski definition) is 5. The Morgan fingerprint density at radius 1 is 1.26 bits per heavy atom. The van der Waals surface area contributed by atoms with Gasteiger partial charge in [0.05, 0.1) is 19.5 Å². The summed E-state index contributed by atoms with van der Waals surface area (Å²) < 4.78 is 36.7. The van der Waals surface area contributed by atoms with Crippen molar-refractivity contribution >= 4 is 16.2 Å². The van der Waals surface area contributed by atoms with E-state index in [1.165, 1.54) is 0 Å². The second kappa shape index (κ2) is 7.28. The van der Waals surface area contributed by atoms with Crippen LogP contribution in [0.2, 0.25) is 0 Å². The molecule has 1 aromatic rings. The topological polar surface area (TPSA) is 61.8 Å². The Bertz CT molecular complexity index is 492. The highest BCUT2D eigenvalue weighted by Crippen LogP contribution is 2.14. The van der Waals surface area contributed by atoms with Crippen LogP contribution in [-0.2, 0) is 19.0 Å². The number of rotatable bonds is 8. The molecular weight excluding hydrogens is 268 g/mol. The molecule has 0 saturated heterocycles. The van der Waals surface area contributed by atoms with Crippen LogP contribution in [0, 0.1) is 0 Å². The lowest BCUT2D eigenvalue weighted by atomic mass is 10.2. The molecule has 0 aliphatic heterocycles. The Morgan fingerprint density at radius 2 is 1.89 bits per heavy atom. The first-order valence-corrected chi connectivity index (χ1v) is 7.57. The molecule has 1 rings (SSSR count). The fourth-order valence-corrected chi connectivity index (χ4v) is 1.68. The van der Waals surface area contributed by atoms with E-state index in [4.69, 9.17) is 9.47 Å². The van der Waals surface area contributed by atoms with Crippen molar-refractivity contribution in [1.82, 2.24) is 0 Å². The van der Waals surface area contributed by atoms with Crippen LogP contribution in [0.25, 0.3) is 6.08 Å². The van der Waals surface area contributed by atoms with Crippen molar-refractivity contribution in [3.8, 4) is 5.75 Å². The molecule has 0 heterocycles. The summed E-state index contributed by atoms with van der Waals surface area (Å²) in [6, 6.07) is 7.37. The van der Waals surface area contributed by atoms with Crippen LogP contribution in [0.4, 0.5) is 0 Å². The van der Waals surface area contributed by atoms with Crippen molar-refractivity contribution in [2.75, 3.05) is 19.5 Å². The first kappa shape index (κ1) is 15.7. The molecule has 0 fully saturated rings. The third-order valence-electron chi connectivity index (χ3n) is 2.15. The summed E-state index contributed by atoms with van der Waals surface area (Å²) >= 11 is 0. The monoisotopic (exact) mass is 286 g/mol. The Kier molecular flexibility index (Phi) is 6.01. The second-order valence-electron chi connectivity index (χ2n) is 3.86. The molecular formula is C13H18O5S. The summed E-state index contributed by atoms with van der Waals surface area (Å²) in [5, 5.41) is 0. The van der Waals surface area contributed by atoms with Gasteiger partial charge < -0.3 is 9.47 Å². The van der Waals surface area contributed by atoms with Gasteiger partial charge in [-0.3, -0.25) is 4.18 Å². The number of hydrogen-bond donors (Lipinski definition) is 0. The van der Waals surface area contributed by atoms with E-state index in [2.05, 4.69) is 10.8 Å². The summed E-state index contributed by atoms with van der Waals surface area (Å²) in [6.45, 7) is 5.50. The van der Waals surface area contributed by atoms with Crippen LogP contribution in [0.15, 0.2) is 30.8 Å². The Hall–Kier alpha value is -1.37. The molecule has 5 nitrogen and oxygen atoms in total. The zero-order valence-corrected chi connectivity index (χ0v) is 11.9. The van der Waals surface area contributed by atoms with E-state index in [1.54, 1.807) is 13.0 Å². The molecule has 0 saturated carbocycles. The minimum absolute atomic E-state index is 0.0259. The molecule has 0 aliphatic rings. The van der Waals surface area contributed by atoms with Crippen molar-refractivity contribution in [2.45, 2.75) is 13.2 Å². The predicted molar refractivity (Wildman–Crippen MR) is 73.4 cm³/mol. The van der Waals surface area contributed by atoms with E-state index in [0.29, 0.717) is 5.75 Å². The normalized spacial score (nSPS) is 12.9. The average molecular weight is 286 g/mol. The van der Waals surface area contributed by atoms with Crippen LogP contribution in [0.3, 0.4) is 0 Å². The van der Waals surface area contributed by atoms with Crippen LogP contribution in [-0.4, -0.2) is 34.2 Å². The third-order valence-corrected chi connectivity index (χ3v) is 2.75. The maximum atomic E-state index is 10.7. The van der Waals surface area contributed by atoms with Gasteiger partial charge in [0.1, 0.15) is 5.75 Å². The minimum Gasteiger partial charge on any atom is -0.465 e. The van der Waals surface area contributed by atoms with Crippen LogP contribution in [0.5, 0.6) is 5.75 Å². The Balaban J connectivity index is 2.30. The van der Waals surface area contributed by atoms with Gasteiger partial charge in [0.25, 0.3) is 10.1 Å². The zero-order chi connectivity index (χ0) is 14.3. The minimum atomic E-state index is -3.42. The standard InChI is InChI=1S/C13H18O5S/c1-4-12-5-7-13(8-6-12)18-11(2)16-9-10-17-19(3,14)15/h4-8,11H,1,9-10H2,2-3H3. The van der Waals surface area contributed by atoms with Gasteiger partial charge in [-0.25, -0.2) is 0 Å². The predicted octanol–water partition coefficient (Wildman–Crippen LogP) is 2.05. The Labute approximate surface area is 113 Å². The van der Waals surface area contributed by atoms with Gasteiger partial charge in [-0.05, 0) is 24.6 Å². The maximum Gasteiger partial charge on any atom is 0.264 e. The second-order valence-corrected chi connectivity index (χ2v) is 5.50. The van der Waals surface area contributed by atoms with Gasteiger partial charge in [-0.15, -0.1) is 0 Å². The van der Waals surface area contributed by atoms with E-state index >= 15 is 0 Å². The summed E-state index contributed by atoms with van der Waals surface area (Å²) in [5.41, 5.74) is 1.00. The maximum absolute atomic E-state index is 10.7. The lowest BCUT2D eigenvalue weighted by Gasteiger charge is -2.15. The van der Waals surface area contributed by atoms with Gasteiger partial charge >= 0.3 is 0 Å². The van der Waals surface area contributed by atoms with Crippen molar-refractivity contribution in [3.05, 3.63) is 36.4 Å². The van der Waals surface area contributed by atoms with Gasteiger partial charge in [-0.2, -0.15) is 8.42 Å². The van der Waals surface area contributed by atoms with E-state index < -0.39 is 16.4 Å². The molecule has 0 aliphatic carbocycles. The summed E-state index contributed by atoms with van der Waals surface area (Å²) in [4.78, 5) is 0. The van der Waals surface area contributed by atoms with Crippen LogP contribution >= 0.6 is 0 Å². The van der Waals surface area contributed by atoms with Crippen molar-refractivity contribution < 1.29 is 22.1 Å². The van der Waals surface area contributed by atoms with Gasteiger partial charge in [0, 0.05) is 0 Å². The van der Waals surface area contributed by atoms with E-state index in [0.717, 1.165) is 11.8 Å². The number of ether oxygens (including phenoxy) is 2. The average Bonchev–Trinajstić information content (AvgIpc) is 2.34. The summed E-state index contributed by atoms with van der Waals surface area (Å²) in [5.74, 6) is 0.669. The first-order chi connectivity index (χ1) is 8.90. The smallest absolute Gasteiger partial charge is 0.264 e. The van der Waals surface area contributed by atoms with Gasteiger partial charge in [0.15, 0.2) is 6.29 Å². The lowest BCUT2D eigenvalue weighted by Crippen LogP contribution is -2.20. The fourth-order valence-electron chi connectivity index (χ4n) is 1.31. The SMILES string of the molecule is C=Cc1ccc(OC(C)OCCOS(C)(=O)=O)cc1. The molecule has 0 bridgehead atoms. The molecule has 0 N–H and O–H groups in total. The molecule has 0 aromatic heterocycles. The van der Waals surface area contributed by atoms with E-state index in [9.17, 15) is 8.42 Å². The molecule has 0 spiro atoms. The van der Waals surface area contributed by atoms with Crippen molar-refractivity contribution in [1.29, 1.82) is 0 Å². The molecule has 106 valence electrons.